The van der Waals surface area contributed by atoms with Crippen LogP contribution in [0.25, 0.3) is 0 Å². The summed E-state index contributed by atoms with van der Waals surface area (Å²) in [6.07, 6.45) is 0.274. The largest absolute Gasteiger partial charge is 0.350 e. The Kier molecular flexibility index (Phi) is 6.81. The number of sulfonamides is 1. The van der Waals surface area contributed by atoms with Gasteiger partial charge in [-0.2, -0.15) is 4.31 Å². The molecule has 31 heavy (non-hydrogen) atoms. The van der Waals surface area contributed by atoms with Crippen LogP contribution in [-0.2, 0) is 32.6 Å². The topological polar surface area (TPSA) is 86.8 Å². The Morgan fingerprint density at radius 2 is 1.81 bits per heavy atom. The number of carbonyl (C=O) groups excluding carboxylic acids is 2. The first-order chi connectivity index (χ1) is 14.7. The van der Waals surface area contributed by atoms with Crippen molar-refractivity contribution < 1.29 is 18.0 Å². The van der Waals surface area contributed by atoms with Gasteiger partial charge in [0.25, 0.3) is 0 Å². The quantitative estimate of drug-likeness (QED) is 0.713. The van der Waals surface area contributed by atoms with Crippen molar-refractivity contribution in [1.82, 2.24) is 9.62 Å². The zero-order valence-corrected chi connectivity index (χ0v) is 19.2. The molecule has 1 heterocycles. The van der Waals surface area contributed by atoms with Crippen LogP contribution in [0.5, 0.6) is 0 Å². The van der Waals surface area contributed by atoms with E-state index < -0.39 is 16.1 Å². The van der Waals surface area contributed by atoms with Crippen LogP contribution in [0.2, 0.25) is 0 Å². The van der Waals surface area contributed by atoms with Gasteiger partial charge >= 0.3 is 0 Å². The monoisotopic (exact) mass is 443 g/mol. The second-order valence-electron chi connectivity index (χ2n) is 7.63. The summed E-state index contributed by atoms with van der Waals surface area (Å²) >= 11 is 0. The van der Waals surface area contributed by atoms with E-state index in [9.17, 15) is 18.0 Å². The lowest BCUT2D eigenvalue weighted by molar-refractivity contribution is -0.125. The molecule has 3 rings (SSSR count). The lowest BCUT2D eigenvalue weighted by Crippen LogP contribution is -2.47. The second-order valence-corrected chi connectivity index (χ2v) is 9.57. The van der Waals surface area contributed by atoms with Gasteiger partial charge in [-0.15, -0.1) is 0 Å². The van der Waals surface area contributed by atoms with Gasteiger partial charge in [-0.3, -0.25) is 14.5 Å². The first-order valence-corrected chi connectivity index (χ1v) is 11.9. The van der Waals surface area contributed by atoms with Gasteiger partial charge in [0.15, 0.2) is 0 Å². The van der Waals surface area contributed by atoms with E-state index in [0.29, 0.717) is 30.9 Å². The van der Waals surface area contributed by atoms with Gasteiger partial charge in [0.05, 0.1) is 4.90 Å². The molecular weight excluding hydrogens is 414 g/mol. The highest BCUT2D eigenvalue weighted by Crippen LogP contribution is 2.35. The van der Waals surface area contributed by atoms with Gasteiger partial charge in [0.1, 0.15) is 6.04 Å². The van der Waals surface area contributed by atoms with Crippen molar-refractivity contribution in [2.75, 3.05) is 18.0 Å². The molecule has 2 aromatic rings. The highest BCUT2D eigenvalue weighted by molar-refractivity contribution is 7.89. The van der Waals surface area contributed by atoms with Crippen LogP contribution < -0.4 is 10.2 Å². The fourth-order valence-electron chi connectivity index (χ4n) is 4.01. The molecule has 0 bridgehead atoms. The maximum absolute atomic E-state index is 13.0. The summed E-state index contributed by atoms with van der Waals surface area (Å²) in [6.45, 7) is 8.09. The minimum atomic E-state index is -3.62. The molecule has 0 saturated heterocycles. The number of nitrogens with one attached hydrogen (secondary N) is 1. The van der Waals surface area contributed by atoms with Crippen molar-refractivity contribution in [3.63, 3.8) is 0 Å². The Morgan fingerprint density at radius 1 is 1.13 bits per heavy atom. The lowest BCUT2D eigenvalue weighted by atomic mass is 10.1. The lowest BCUT2D eigenvalue weighted by Gasteiger charge is -2.24. The maximum atomic E-state index is 13.0. The number of aryl methyl sites for hydroxylation is 1. The van der Waals surface area contributed by atoms with Crippen molar-refractivity contribution in [1.29, 1.82) is 0 Å². The summed E-state index contributed by atoms with van der Waals surface area (Å²) in [5.74, 6) is -0.517. The molecule has 0 saturated carbocycles. The fourth-order valence-corrected chi connectivity index (χ4v) is 5.52. The molecule has 1 atom stereocenters. The Hall–Kier alpha value is -2.71. The molecule has 1 aliphatic heterocycles. The number of nitrogens with zero attached hydrogens (tertiary/aromatic N) is 2. The van der Waals surface area contributed by atoms with Gasteiger partial charge < -0.3 is 5.32 Å². The Labute approximate surface area is 184 Å². The van der Waals surface area contributed by atoms with Crippen LogP contribution in [-0.4, -0.2) is 43.7 Å². The van der Waals surface area contributed by atoms with Crippen LogP contribution >= 0.6 is 0 Å². The van der Waals surface area contributed by atoms with E-state index in [0.717, 1.165) is 11.1 Å². The summed E-state index contributed by atoms with van der Waals surface area (Å²) in [5.41, 5.74) is 3.35. The third kappa shape index (κ3) is 4.50. The number of carbonyl (C=O) groups is 2. The molecule has 0 unspecified atom stereocenters. The number of anilines is 1. The molecule has 2 aromatic carbocycles. The van der Waals surface area contributed by atoms with Crippen molar-refractivity contribution in [3.8, 4) is 0 Å². The molecule has 1 N–H and O–H groups in total. The first kappa shape index (κ1) is 23.0. The second kappa shape index (κ2) is 9.20. The SMILES string of the molecule is CCN(CC)S(=O)(=O)c1ccc2c(c1)C[C@@H](C(=O)NCc1ccccc1C)N2C(C)=O. The maximum Gasteiger partial charge on any atom is 0.243 e. The van der Waals surface area contributed by atoms with Crippen LogP contribution in [0.3, 0.4) is 0 Å². The summed E-state index contributed by atoms with van der Waals surface area (Å²) in [5, 5.41) is 2.92. The predicted octanol–water partition coefficient (Wildman–Crippen LogP) is 2.62. The van der Waals surface area contributed by atoms with Crippen molar-refractivity contribution in [2.45, 2.75) is 51.6 Å². The molecular formula is C23H29N3O4S. The average molecular weight is 444 g/mol. The van der Waals surface area contributed by atoms with Gasteiger partial charge in [0.2, 0.25) is 21.8 Å². The molecule has 0 radical (unpaired) electrons. The number of rotatable bonds is 7. The fraction of sp³-hybridized carbons (Fsp3) is 0.391. The molecule has 0 spiro atoms. The summed E-state index contributed by atoms with van der Waals surface area (Å²) in [6, 6.07) is 11.8. The molecule has 0 fully saturated rings. The minimum absolute atomic E-state index is 0.180. The zero-order chi connectivity index (χ0) is 22.8. The molecule has 0 aromatic heterocycles. The van der Waals surface area contributed by atoms with E-state index in [1.807, 2.05) is 31.2 Å². The Morgan fingerprint density at radius 3 is 2.42 bits per heavy atom. The molecule has 0 aliphatic carbocycles. The molecule has 8 heteroatoms. The summed E-state index contributed by atoms with van der Waals surface area (Å²) < 4.78 is 27.2. The van der Waals surface area contributed by atoms with Gasteiger partial charge in [-0.05, 0) is 41.8 Å². The number of hydrogen-bond donors (Lipinski definition) is 1. The number of hydrogen-bond acceptors (Lipinski definition) is 4. The third-order valence-electron chi connectivity index (χ3n) is 5.73. The van der Waals surface area contributed by atoms with Crippen molar-refractivity contribution in [3.05, 3.63) is 59.2 Å². The van der Waals surface area contributed by atoms with Crippen LogP contribution in [0, 0.1) is 6.92 Å². The zero-order valence-electron chi connectivity index (χ0n) is 18.4. The molecule has 2 amide bonds. The summed E-state index contributed by atoms with van der Waals surface area (Å²) in [4.78, 5) is 27.0. The minimum Gasteiger partial charge on any atom is -0.350 e. The molecule has 7 nitrogen and oxygen atoms in total. The number of benzene rings is 2. The number of amides is 2. The van der Waals surface area contributed by atoms with Crippen LogP contribution in [0.4, 0.5) is 5.69 Å². The number of fused-ring (bicyclic) bond motifs is 1. The normalized spacial score (nSPS) is 15.8. The van der Waals surface area contributed by atoms with E-state index in [1.165, 1.54) is 22.2 Å². The highest BCUT2D eigenvalue weighted by atomic mass is 32.2. The Balaban J connectivity index is 1.85. The predicted molar refractivity (Wildman–Crippen MR) is 120 cm³/mol. The van der Waals surface area contributed by atoms with E-state index in [4.69, 9.17) is 0 Å². The van der Waals surface area contributed by atoms with Gasteiger partial charge in [-0.25, -0.2) is 8.42 Å². The van der Waals surface area contributed by atoms with Gasteiger partial charge in [-0.1, -0.05) is 38.1 Å². The standard InChI is InChI=1S/C23H29N3O4S/c1-5-25(6-2)31(29,30)20-11-12-21-19(13-20)14-22(26(21)17(4)27)23(28)24-15-18-10-8-7-9-16(18)3/h7-13,22H,5-6,14-15H2,1-4H3,(H,24,28)/t22-/m0/s1. The van der Waals surface area contributed by atoms with Crippen LogP contribution in [0.15, 0.2) is 47.4 Å². The van der Waals surface area contributed by atoms with E-state index >= 15 is 0 Å². The van der Waals surface area contributed by atoms with Crippen LogP contribution in [0.1, 0.15) is 37.5 Å². The molecule has 166 valence electrons. The molecule has 1 aliphatic rings. The van der Waals surface area contributed by atoms with E-state index in [1.54, 1.807) is 26.0 Å². The Bertz CT molecular complexity index is 1090. The summed E-state index contributed by atoms with van der Waals surface area (Å²) in [7, 11) is -3.62. The van der Waals surface area contributed by atoms with Crippen molar-refractivity contribution in [2.24, 2.45) is 0 Å². The van der Waals surface area contributed by atoms with Gasteiger partial charge in [0, 0.05) is 38.7 Å². The first-order valence-electron chi connectivity index (χ1n) is 10.5. The van der Waals surface area contributed by atoms with E-state index in [-0.39, 0.29) is 23.1 Å². The van der Waals surface area contributed by atoms with E-state index in [2.05, 4.69) is 5.32 Å². The average Bonchev–Trinajstić information content (AvgIpc) is 3.13. The highest BCUT2D eigenvalue weighted by Gasteiger charge is 2.38. The smallest absolute Gasteiger partial charge is 0.243 e. The van der Waals surface area contributed by atoms with Crippen molar-refractivity contribution >= 4 is 27.5 Å². The third-order valence-corrected chi connectivity index (χ3v) is 7.78.